The van der Waals surface area contributed by atoms with Gasteiger partial charge in [-0.1, -0.05) is 12.1 Å². The van der Waals surface area contributed by atoms with Gasteiger partial charge in [0.15, 0.2) is 11.5 Å². The number of benzene rings is 1. The quantitative estimate of drug-likeness (QED) is 0.585. The second-order valence-electron chi connectivity index (χ2n) is 6.56. The fraction of sp³-hybridized carbons (Fsp3) is 0.261. The molecule has 0 atom stereocenters. The number of carbonyl (C=O) groups excluding carboxylic acids is 1. The number of pyridine rings is 2. The molecule has 0 bridgehead atoms. The molecule has 1 aromatic carbocycles. The number of amides is 1. The first-order valence-electron chi connectivity index (χ1n) is 9.56. The Balaban J connectivity index is 1.55. The molecule has 0 aliphatic heterocycles. The van der Waals surface area contributed by atoms with Crippen LogP contribution in [0, 0.1) is 0 Å². The third-order valence-corrected chi connectivity index (χ3v) is 4.68. The average molecular weight is 407 g/mol. The van der Waals surface area contributed by atoms with Gasteiger partial charge in [-0.25, -0.2) is 0 Å². The molecular formula is C23H25N3O4. The van der Waals surface area contributed by atoms with Crippen molar-refractivity contribution in [2.24, 2.45) is 0 Å². The molecule has 3 rings (SSSR count). The highest BCUT2D eigenvalue weighted by Crippen LogP contribution is 2.40. The summed E-state index contributed by atoms with van der Waals surface area (Å²) in [6.07, 6.45) is 6.11. The van der Waals surface area contributed by atoms with Crippen LogP contribution >= 0.6 is 0 Å². The number of carbonyl (C=O) groups is 1. The molecule has 0 unspecified atom stereocenters. The van der Waals surface area contributed by atoms with Crippen LogP contribution < -0.4 is 19.5 Å². The highest BCUT2D eigenvalue weighted by atomic mass is 16.5. The summed E-state index contributed by atoms with van der Waals surface area (Å²) in [5, 5.41) is 2.93. The minimum Gasteiger partial charge on any atom is -0.493 e. The first kappa shape index (κ1) is 21.1. The van der Waals surface area contributed by atoms with Crippen molar-refractivity contribution < 1.29 is 19.0 Å². The van der Waals surface area contributed by atoms with Gasteiger partial charge in [0.1, 0.15) is 0 Å². The maximum atomic E-state index is 12.3. The summed E-state index contributed by atoms with van der Waals surface area (Å²) in [5.74, 6) is 1.64. The standard InChI is InChI=1S/C23H25N3O4/c1-28-20-10-7-17(22(29-2)23(20)30-3)8-11-21(27)26-14-16-6-9-19(25-13-16)18-5-4-12-24-15-18/h4-7,9-10,12-13,15H,8,11,14H2,1-3H3,(H,26,27). The highest BCUT2D eigenvalue weighted by Gasteiger charge is 2.16. The molecule has 2 heterocycles. The van der Waals surface area contributed by atoms with Crippen molar-refractivity contribution in [1.29, 1.82) is 0 Å². The van der Waals surface area contributed by atoms with Crippen molar-refractivity contribution in [1.82, 2.24) is 15.3 Å². The number of methoxy groups -OCH3 is 3. The second kappa shape index (κ2) is 10.2. The Bertz CT molecular complexity index is 976. The third kappa shape index (κ3) is 5.05. The van der Waals surface area contributed by atoms with Crippen LogP contribution in [-0.2, 0) is 17.8 Å². The number of aromatic nitrogens is 2. The molecule has 0 aliphatic carbocycles. The van der Waals surface area contributed by atoms with Crippen LogP contribution in [0.25, 0.3) is 11.3 Å². The van der Waals surface area contributed by atoms with Crippen molar-refractivity contribution in [3.63, 3.8) is 0 Å². The fourth-order valence-electron chi connectivity index (χ4n) is 3.11. The summed E-state index contributed by atoms with van der Waals surface area (Å²) in [5.41, 5.74) is 3.61. The lowest BCUT2D eigenvalue weighted by Crippen LogP contribution is -2.23. The van der Waals surface area contributed by atoms with E-state index in [2.05, 4.69) is 15.3 Å². The van der Waals surface area contributed by atoms with Crippen molar-refractivity contribution in [2.75, 3.05) is 21.3 Å². The smallest absolute Gasteiger partial charge is 0.220 e. The average Bonchev–Trinajstić information content (AvgIpc) is 2.81. The molecule has 0 fully saturated rings. The van der Waals surface area contributed by atoms with Gasteiger partial charge in [0.05, 0.1) is 27.0 Å². The summed E-state index contributed by atoms with van der Waals surface area (Å²) in [6.45, 7) is 0.419. The maximum absolute atomic E-state index is 12.3. The van der Waals surface area contributed by atoms with Crippen LogP contribution in [0.4, 0.5) is 0 Å². The fourth-order valence-corrected chi connectivity index (χ4v) is 3.11. The summed E-state index contributed by atoms with van der Waals surface area (Å²) < 4.78 is 16.2. The minimum atomic E-state index is -0.0526. The Morgan fingerprint density at radius 3 is 2.43 bits per heavy atom. The van der Waals surface area contributed by atoms with Crippen LogP contribution in [0.1, 0.15) is 17.5 Å². The van der Waals surface area contributed by atoms with Gasteiger partial charge < -0.3 is 19.5 Å². The van der Waals surface area contributed by atoms with Crippen LogP contribution in [0.5, 0.6) is 17.2 Å². The van der Waals surface area contributed by atoms with Crippen molar-refractivity contribution in [3.8, 4) is 28.5 Å². The summed E-state index contributed by atoms with van der Waals surface area (Å²) >= 11 is 0. The van der Waals surface area contributed by atoms with E-state index in [1.807, 2.05) is 36.4 Å². The number of nitrogens with zero attached hydrogens (tertiary/aromatic N) is 2. The van der Waals surface area contributed by atoms with Crippen molar-refractivity contribution in [3.05, 3.63) is 66.1 Å². The van der Waals surface area contributed by atoms with Crippen molar-refractivity contribution >= 4 is 5.91 Å². The molecule has 7 heteroatoms. The Hall–Kier alpha value is -3.61. The van der Waals surface area contributed by atoms with E-state index in [4.69, 9.17) is 14.2 Å². The molecule has 1 N–H and O–H groups in total. The molecular weight excluding hydrogens is 382 g/mol. The minimum absolute atomic E-state index is 0.0526. The predicted octanol–water partition coefficient (Wildman–Crippen LogP) is 3.42. The number of ether oxygens (including phenoxy) is 3. The van der Waals surface area contributed by atoms with Gasteiger partial charge in [0.2, 0.25) is 11.7 Å². The summed E-state index contributed by atoms with van der Waals surface area (Å²) in [6, 6.07) is 11.4. The first-order chi connectivity index (χ1) is 14.7. The zero-order chi connectivity index (χ0) is 21.3. The van der Waals surface area contributed by atoms with E-state index in [0.717, 1.165) is 22.4 Å². The van der Waals surface area contributed by atoms with E-state index in [9.17, 15) is 4.79 Å². The van der Waals surface area contributed by atoms with E-state index in [-0.39, 0.29) is 5.91 Å². The highest BCUT2D eigenvalue weighted by molar-refractivity contribution is 5.76. The van der Waals surface area contributed by atoms with E-state index in [1.165, 1.54) is 0 Å². The monoisotopic (exact) mass is 407 g/mol. The number of hydrogen-bond acceptors (Lipinski definition) is 6. The van der Waals surface area contributed by atoms with Gasteiger partial charge in [0, 0.05) is 37.1 Å². The van der Waals surface area contributed by atoms with Gasteiger partial charge in [-0.05, 0) is 41.8 Å². The van der Waals surface area contributed by atoms with Crippen LogP contribution in [0.3, 0.4) is 0 Å². The van der Waals surface area contributed by atoms with Crippen LogP contribution in [-0.4, -0.2) is 37.2 Å². The topological polar surface area (TPSA) is 82.6 Å². The molecule has 0 spiro atoms. The molecule has 2 aromatic heterocycles. The van der Waals surface area contributed by atoms with Gasteiger partial charge in [0.25, 0.3) is 0 Å². The molecule has 0 aliphatic rings. The molecule has 7 nitrogen and oxygen atoms in total. The Labute approximate surface area is 176 Å². The van der Waals surface area contributed by atoms with E-state index < -0.39 is 0 Å². The molecule has 156 valence electrons. The van der Waals surface area contributed by atoms with E-state index >= 15 is 0 Å². The number of hydrogen-bond donors (Lipinski definition) is 1. The molecule has 0 saturated heterocycles. The van der Waals surface area contributed by atoms with Gasteiger partial charge >= 0.3 is 0 Å². The molecule has 30 heavy (non-hydrogen) atoms. The van der Waals surface area contributed by atoms with Gasteiger partial charge in [-0.15, -0.1) is 0 Å². The maximum Gasteiger partial charge on any atom is 0.220 e. The van der Waals surface area contributed by atoms with Crippen molar-refractivity contribution in [2.45, 2.75) is 19.4 Å². The molecule has 3 aromatic rings. The van der Waals surface area contributed by atoms with Crippen LogP contribution in [0.2, 0.25) is 0 Å². The number of aryl methyl sites for hydroxylation is 1. The molecule has 0 radical (unpaired) electrons. The number of rotatable bonds is 9. The SMILES string of the molecule is COc1ccc(CCC(=O)NCc2ccc(-c3cccnc3)nc2)c(OC)c1OC. The summed E-state index contributed by atoms with van der Waals surface area (Å²) in [4.78, 5) is 20.9. The summed E-state index contributed by atoms with van der Waals surface area (Å²) in [7, 11) is 4.70. The van der Waals surface area contributed by atoms with Gasteiger partial charge in [-0.2, -0.15) is 0 Å². The third-order valence-electron chi connectivity index (χ3n) is 4.68. The number of nitrogens with one attached hydrogen (secondary N) is 1. The zero-order valence-corrected chi connectivity index (χ0v) is 17.3. The normalized spacial score (nSPS) is 10.4. The lowest BCUT2D eigenvalue weighted by Gasteiger charge is -2.15. The molecule has 1 amide bonds. The second-order valence-corrected chi connectivity index (χ2v) is 6.56. The van der Waals surface area contributed by atoms with Gasteiger partial charge in [-0.3, -0.25) is 14.8 Å². The first-order valence-corrected chi connectivity index (χ1v) is 9.56. The largest absolute Gasteiger partial charge is 0.493 e. The van der Waals surface area contributed by atoms with E-state index in [0.29, 0.717) is 36.6 Å². The Morgan fingerprint density at radius 2 is 1.80 bits per heavy atom. The zero-order valence-electron chi connectivity index (χ0n) is 17.3. The Kier molecular flexibility index (Phi) is 7.21. The lowest BCUT2D eigenvalue weighted by atomic mass is 10.1. The lowest BCUT2D eigenvalue weighted by molar-refractivity contribution is -0.121. The van der Waals surface area contributed by atoms with Crippen LogP contribution in [0.15, 0.2) is 55.0 Å². The molecule has 0 saturated carbocycles. The predicted molar refractivity (Wildman–Crippen MR) is 114 cm³/mol. The Morgan fingerprint density at radius 1 is 0.967 bits per heavy atom. The van der Waals surface area contributed by atoms with E-state index in [1.54, 1.807) is 39.9 Å².